The van der Waals surface area contributed by atoms with E-state index in [2.05, 4.69) is 10.3 Å². The average molecular weight is 268 g/mol. The molecule has 0 radical (unpaired) electrons. The SMILES string of the molecule is COC(O)c1ccc2c(c1)N=C(c1ccccc1)CN2. The zero-order chi connectivity index (χ0) is 13.9. The van der Waals surface area contributed by atoms with Gasteiger partial charge in [0.05, 0.1) is 23.6 Å². The predicted octanol–water partition coefficient (Wildman–Crippen LogP) is 2.87. The molecule has 1 atom stereocenters. The van der Waals surface area contributed by atoms with Crippen LogP contribution in [0, 0.1) is 0 Å². The van der Waals surface area contributed by atoms with Gasteiger partial charge >= 0.3 is 0 Å². The van der Waals surface area contributed by atoms with Gasteiger partial charge in [0, 0.05) is 12.7 Å². The van der Waals surface area contributed by atoms with E-state index in [0.29, 0.717) is 12.1 Å². The molecule has 0 saturated heterocycles. The highest BCUT2D eigenvalue weighted by molar-refractivity contribution is 6.07. The fraction of sp³-hybridized carbons (Fsp3) is 0.188. The fourth-order valence-electron chi connectivity index (χ4n) is 2.24. The van der Waals surface area contributed by atoms with Gasteiger partial charge in [0.15, 0.2) is 6.29 Å². The summed E-state index contributed by atoms with van der Waals surface area (Å²) in [6, 6.07) is 15.7. The van der Waals surface area contributed by atoms with Crippen LogP contribution >= 0.6 is 0 Å². The quantitative estimate of drug-likeness (QED) is 0.842. The van der Waals surface area contributed by atoms with Crippen LogP contribution < -0.4 is 5.32 Å². The number of anilines is 1. The lowest BCUT2D eigenvalue weighted by Gasteiger charge is -2.19. The monoisotopic (exact) mass is 268 g/mol. The molecule has 4 heteroatoms. The maximum Gasteiger partial charge on any atom is 0.180 e. The van der Waals surface area contributed by atoms with Crippen LogP contribution in [0.4, 0.5) is 11.4 Å². The highest BCUT2D eigenvalue weighted by Crippen LogP contribution is 2.32. The largest absolute Gasteiger partial charge is 0.378 e. The van der Waals surface area contributed by atoms with Crippen LogP contribution in [0.25, 0.3) is 0 Å². The van der Waals surface area contributed by atoms with Crippen molar-refractivity contribution in [3.05, 3.63) is 59.7 Å². The molecule has 3 rings (SSSR count). The van der Waals surface area contributed by atoms with Crippen molar-refractivity contribution in [2.24, 2.45) is 4.99 Å². The first-order valence-electron chi connectivity index (χ1n) is 6.49. The maximum absolute atomic E-state index is 9.72. The van der Waals surface area contributed by atoms with Gasteiger partial charge in [-0.15, -0.1) is 0 Å². The zero-order valence-electron chi connectivity index (χ0n) is 11.2. The fourth-order valence-corrected chi connectivity index (χ4v) is 2.24. The first kappa shape index (κ1) is 12.8. The van der Waals surface area contributed by atoms with Gasteiger partial charge in [0.1, 0.15) is 0 Å². The first-order valence-corrected chi connectivity index (χ1v) is 6.49. The number of aliphatic imine (C=N–C) groups is 1. The van der Waals surface area contributed by atoms with Crippen molar-refractivity contribution in [1.29, 1.82) is 0 Å². The molecule has 1 unspecified atom stereocenters. The third-order valence-corrected chi connectivity index (χ3v) is 3.34. The molecule has 2 aromatic carbocycles. The summed E-state index contributed by atoms with van der Waals surface area (Å²) in [5.41, 5.74) is 4.58. The molecular formula is C16H16N2O2. The van der Waals surface area contributed by atoms with E-state index in [1.54, 1.807) is 0 Å². The smallest absolute Gasteiger partial charge is 0.180 e. The Hall–Kier alpha value is -2.17. The second kappa shape index (κ2) is 5.45. The Morgan fingerprint density at radius 1 is 1.20 bits per heavy atom. The summed E-state index contributed by atoms with van der Waals surface area (Å²) in [4.78, 5) is 4.68. The Balaban J connectivity index is 1.99. The van der Waals surface area contributed by atoms with Crippen molar-refractivity contribution in [3.63, 3.8) is 0 Å². The third-order valence-electron chi connectivity index (χ3n) is 3.34. The number of nitrogens with zero attached hydrogens (tertiary/aromatic N) is 1. The van der Waals surface area contributed by atoms with Crippen LogP contribution in [0.1, 0.15) is 17.4 Å². The summed E-state index contributed by atoms with van der Waals surface area (Å²) >= 11 is 0. The standard InChI is InChI=1S/C16H16N2O2/c1-20-16(19)12-7-8-13-14(9-12)18-15(10-17-13)11-5-3-2-4-6-11/h2-9,16-17,19H,10H2,1H3. The number of methoxy groups -OCH3 is 1. The van der Waals surface area contributed by atoms with Crippen LogP contribution in [0.2, 0.25) is 0 Å². The minimum absolute atomic E-state index is 0.698. The molecule has 1 aliphatic heterocycles. The number of ether oxygens (including phenoxy) is 1. The van der Waals surface area contributed by atoms with Crippen LogP contribution in [0.3, 0.4) is 0 Å². The number of aliphatic hydroxyl groups is 1. The molecule has 0 fully saturated rings. The van der Waals surface area contributed by atoms with Crippen molar-refractivity contribution in [3.8, 4) is 0 Å². The lowest BCUT2D eigenvalue weighted by atomic mass is 10.1. The summed E-state index contributed by atoms with van der Waals surface area (Å²) in [6.07, 6.45) is -0.919. The molecule has 20 heavy (non-hydrogen) atoms. The minimum Gasteiger partial charge on any atom is -0.378 e. The molecule has 0 spiro atoms. The topological polar surface area (TPSA) is 53.9 Å². The van der Waals surface area contributed by atoms with Gasteiger partial charge < -0.3 is 15.2 Å². The van der Waals surface area contributed by atoms with Crippen LogP contribution in [0.5, 0.6) is 0 Å². The van der Waals surface area contributed by atoms with Crippen molar-refractivity contribution >= 4 is 17.1 Å². The molecule has 1 aliphatic rings. The van der Waals surface area contributed by atoms with Crippen molar-refractivity contribution < 1.29 is 9.84 Å². The molecule has 2 N–H and O–H groups in total. The van der Waals surface area contributed by atoms with Crippen molar-refractivity contribution in [2.75, 3.05) is 19.0 Å². The van der Waals surface area contributed by atoms with Crippen molar-refractivity contribution in [2.45, 2.75) is 6.29 Å². The molecule has 0 bridgehead atoms. The molecule has 0 saturated carbocycles. The molecule has 4 nitrogen and oxygen atoms in total. The van der Waals surface area contributed by atoms with E-state index < -0.39 is 6.29 Å². The molecule has 0 aromatic heterocycles. The second-order valence-corrected chi connectivity index (χ2v) is 4.64. The Kier molecular flexibility index (Phi) is 3.50. The summed E-state index contributed by atoms with van der Waals surface area (Å²) in [7, 11) is 1.47. The maximum atomic E-state index is 9.72. The van der Waals surface area contributed by atoms with Crippen LogP contribution in [0.15, 0.2) is 53.5 Å². The Bertz CT molecular complexity index is 638. The summed E-state index contributed by atoms with van der Waals surface area (Å²) in [5.74, 6) is 0. The lowest BCUT2D eigenvalue weighted by Crippen LogP contribution is -2.18. The van der Waals surface area contributed by atoms with Gasteiger partial charge in [0.2, 0.25) is 0 Å². The van der Waals surface area contributed by atoms with Gasteiger partial charge in [-0.1, -0.05) is 36.4 Å². The number of aliphatic hydroxyl groups excluding tert-OH is 1. The molecule has 0 amide bonds. The molecule has 1 heterocycles. The average Bonchev–Trinajstić information content (AvgIpc) is 2.54. The summed E-state index contributed by atoms with van der Waals surface area (Å²) in [6.45, 7) is 0.698. The van der Waals surface area contributed by atoms with Gasteiger partial charge in [-0.25, -0.2) is 4.99 Å². The van der Waals surface area contributed by atoms with E-state index in [0.717, 1.165) is 22.6 Å². The van der Waals surface area contributed by atoms with Crippen molar-refractivity contribution in [1.82, 2.24) is 0 Å². The highest BCUT2D eigenvalue weighted by Gasteiger charge is 2.15. The van der Waals surface area contributed by atoms with E-state index in [-0.39, 0.29) is 0 Å². The Morgan fingerprint density at radius 2 is 2.00 bits per heavy atom. The van der Waals surface area contributed by atoms with E-state index >= 15 is 0 Å². The summed E-state index contributed by atoms with van der Waals surface area (Å²) < 4.78 is 4.93. The molecular weight excluding hydrogens is 252 g/mol. The van der Waals surface area contributed by atoms with Crippen LogP contribution in [-0.2, 0) is 4.74 Å². The van der Waals surface area contributed by atoms with E-state index in [1.165, 1.54) is 7.11 Å². The van der Waals surface area contributed by atoms with E-state index in [1.807, 2.05) is 48.5 Å². The molecule has 0 aliphatic carbocycles. The third kappa shape index (κ3) is 2.43. The molecule has 102 valence electrons. The van der Waals surface area contributed by atoms with Gasteiger partial charge in [0.25, 0.3) is 0 Å². The van der Waals surface area contributed by atoms with Gasteiger partial charge in [-0.05, 0) is 17.7 Å². The first-order chi connectivity index (χ1) is 9.78. The van der Waals surface area contributed by atoms with Gasteiger partial charge in [-0.3, -0.25) is 0 Å². The van der Waals surface area contributed by atoms with E-state index in [4.69, 9.17) is 4.74 Å². The number of benzene rings is 2. The Labute approximate surface area is 117 Å². The molecule has 2 aromatic rings. The minimum atomic E-state index is -0.919. The highest BCUT2D eigenvalue weighted by atomic mass is 16.6. The van der Waals surface area contributed by atoms with Gasteiger partial charge in [-0.2, -0.15) is 0 Å². The lowest BCUT2D eigenvalue weighted by molar-refractivity contribution is -0.0769. The second-order valence-electron chi connectivity index (χ2n) is 4.64. The normalized spacial score (nSPS) is 15.0. The number of rotatable bonds is 3. The predicted molar refractivity (Wildman–Crippen MR) is 79.5 cm³/mol. The number of fused-ring (bicyclic) bond motifs is 1. The number of hydrogen-bond donors (Lipinski definition) is 2. The number of nitrogens with one attached hydrogen (secondary N) is 1. The van der Waals surface area contributed by atoms with E-state index in [9.17, 15) is 5.11 Å². The van der Waals surface area contributed by atoms with Crippen LogP contribution in [-0.4, -0.2) is 24.5 Å². The Morgan fingerprint density at radius 3 is 2.75 bits per heavy atom. The number of hydrogen-bond acceptors (Lipinski definition) is 4. The zero-order valence-corrected chi connectivity index (χ0v) is 11.2. The summed E-state index contributed by atoms with van der Waals surface area (Å²) in [5, 5.41) is 13.1.